The van der Waals surface area contributed by atoms with Gasteiger partial charge in [-0.25, -0.2) is 4.79 Å². The van der Waals surface area contributed by atoms with E-state index >= 15 is 0 Å². The highest BCUT2D eigenvalue weighted by atomic mass is 35.5. The Morgan fingerprint density at radius 1 is 1.07 bits per heavy atom. The summed E-state index contributed by atoms with van der Waals surface area (Å²) in [7, 11) is 1.76. The summed E-state index contributed by atoms with van der Waals surface area (Å²) in [6, 6.07) is 16.8. The van der Waals surface area contributed by atoms with Crippen molar-refractivity contribution in [1.82, 2.24) is 15.5 Å². The molecule has 2 aliphatic carbocycles. The van der Waals surface area contributed by atoms with E-state index in [4.69, 9.17) is 16.3 Å². The number of amides is 3. The first-order valence-electron chi connectivity index (χ1n) is 15.2. The number of carbonyl (C=O) groups is 3. The minimum atomic E-state index is -0.985. The molecule has 0 heterocycles. The largest absolute Gasteiger partial charge is 0.436 e. The molecule has 9 heteroatoms. The SMILES string of the molecule is CN(CCc1ccccc1)C(=O)CC[C@@H](CO)NC(=O)[C@H](CC1CCCCC1)OC(=O)NC1(c2cccc(Cl)c2)CC1. The monoisotopic (exact) mass is 597 g/mol. The highest BCUT2D eigenvalue weighted by Gasteiger charge is 2.46. The van der Waals surface area contributed by atoms with Crippen molar-refractivity contribution < 1.29 is 24.2 Å². The summed E-state index contributed by atoms with van der Waals surface area (Å²) in [5.41, 5.74) is 1.54. The molecule has 2 atom stereocenters. The fourth-order valence-electron chi connectivity index (χ4n) is 5.74. The van der Waals surface area contributed by atoms with Crippen molar-refractivity contribution in [2.24, 2.45) is 5.92 Å². The summed E-state index contributed by atoms with van der Waals surface area (Å²) in [5.74, 6) is -0.200. The summed E-state index contributed by atoms with van der Waals surface area (Å²) in [4.78, 5) is 40.9. The summed E-state index contributed by atoms with van der Waals surface area (Å²) in [6.45, 7) is 0.273. The molecule has 0 bridgehead atoms. The first-order valence-corrected chi connectivity index (χ1v) is 15.6. The number of hydrogen-bond donors (Lipinski definition) is 3. The lowest BCUT2D eigenvalue weighted by Gasteiger charge is -2.28. The number of carbonyl (C=O) groups excluding carboxylic acids is 3. The van der Waals surface area contributed by atoms with Crippen LogP contribution in [0.5, 0.6) is 0 Å². The lowest BCUT2D eigenvalue weighted by atomic mass is 9.85. The maximum Gasteiger partial charge on any atom is 0.408 e. The third-order valence-corrected chi connectivity index (χ3v) is 8.80. The number of ether oxygens (including phenoxy) is 1. The zero-order chi connectivity index (χ0) is 30.0. The number of likely N-dealkylation sites (N-methyl/N-ethyl adjacent to an activating group) is 1. The Labute approximate surface area is 254 Å². The molecule has 0 unspecified atom stereocenters. The molecule has 0 spiro atoms. The molecule has 4 rings (SSSR count). The van der Waals surface area contributed by atoms with Gasteiger partial charge in [0.15, 0.2) is 6.10 Å². The van der Waals surface area contributed by atoms with Crippen molar-refractivity contribution in [2.45, 2.75) is 88.3 Å². The quantitative estimate of drug-likeness (QED) is 0.272. The van der Waals surface area contributed by atoms with Gasteiger partial charge >= 0.3 is 6.09 Å². The first-order chi connectivity index (χ1) is 20.3. The molecule has 228 valence electrons. The van der Waals surface area contributed by atoms with Crippen LogP contribution in [0.2, 0.25) is 5.02 Å². The van der Waals surface area contributed by atoms with Crippen LogP contribution in [-0.4, -0.2) is 60.3 Å². The fraction of sp³-hybridized carbons (Fsp3) is 0.545. The van der Waals surface area contributed by atoms with Gasteiger partial charge in [0.25, 0.3) is 5.91 Å². The molecule has 8 nitrogen and oxygen atoms in total. The zero-order valence-corrected chi connectivity index (χ0v) is 25.3. The van der Waals surface area contributed by atoms with Crippen molar-refractivity contribution >= 4 is 29.5 Å². The van der Waals surface area contributed by atoms with Crippen LogP contribution in [0.25, 0.3) is 0 Å². The summed E-state index contributed by atoms with van der Waals surface area (Å²) in [6.07, 6.45) is 6.94. The van der Waals surface area contributed by atoms with Crippen LogP contribution in [0.1, 0.15) is 75.3 Å². The molecule has 42 heavy (non-hydrogen) atoms. The molecular formula is C33H44ClN3O5. The average Bonchev–Trinajstić information content (AvgIpc) is 3.78. The van der Waals surface area contributed by atoms with Gasteiger partial charge in [-0.2, -0.15) is 0 Å². The van der Waals surface area contributed by atoms with Crippen LogP contribution < -0.4 is 10.6 Å². The van der Waals surface area contributed by atoms with Crippen molar-refractivity contribution in [3.8, 4) is 0 Å². The van der Waals surface area contributed by atoms with Crippen LogP contribution in [-0.2, 0) is 26.3 Å². The molecule has 3 N–H and O–H groups in total. The second-order valence-electron chi connectivity index (χ2n) is 11.8. The van der Waals surface area contributed by atoms with Gasteiger partial charge < -0.3 is 25.4 Å². The van der Waals surface area contributed by atoms with Gasteiger partial charge in [-0.1, -0.05) is 86.2 Å². The molecule has 2 aliphatic rings. The fourth-order valence-corrected chi connectivity index (χ4v) is 5.93. The van der Waals surface area contributed by atoms with E-state index in [-0.39, 0.29) is 31.3 Å². The first kappa shape index (κ1) is 31.8. The highest BCUT2D eigenvalue weighted by molar-refractivity contribution is 6.30. The van der Waals surface area contributed by atoms with E-state index in [0.29, 0.717) is 18.0 Å². The molecule has 2 aromatic carbocycles. The Hall–Kier alpha value is -3.10. The minimum Gasteiger partial charge on any atom is -0.436 e. The van der Waals surface area contributed by atoms with E-state index < -0.39 is 29.7 Å². The Morgan fingerprint density at radius 2 is 1.81 bits per heavy atom. The van der Waals surface area contributed by atoms with Crippen molar-refractivity contribution in [1.29, 1.82) is 0 Å². The van der Waals surface area contributed by atoms with Crippen molar-refractivity contribution in [2.75, 3.05) is 20.2 Å². The molecule has 0 aliphatic heterocycles. The molecule has 0 radical (unpaired) electrons. The third-order valence-electron chi connectivity index (χ3n) is 8.56. The number of halogens is 1. The Morgan fingerprint density at radius 3 is 2.48 bits per heavy atom. The van der Waals surface area contributed by atoms with Gasteiger partial charge in [0.2, 0.25) is 5.91 Å². The van der Waals surface area contributed by atoms with Gasteiger partial charge in [-0.15, -0.1) is 0 Å². The predicted octanol–water partition coefficient (Wildman–Crippen LogP) is 5.35. The Bertz CT molecular complexity index is 1180. The van der Waals surface area contributed by atoms with Gasteiger partial charge in [0.1, 0.15) is 0 Å². The van der Waals surface area contributed by atoms with Gasteiger partial charge in [0.05, 0.1) is 18.2 Å². The van der Waals surface area contributed by atoms with E-state index in [2.05, 4.69) is 10.6 Å². The number of hydrogen-bond acceptors (Lipinski definition) is 5. The molecule has 2 saturated carbocycles. The maximum absolute atomic E-state index is 13.4. The Kier molecular flexibility index (Phi) is 11.7. The van der Waals surface area contributed by atoms with Crippen LogP contribution in [0.15, 0.2) is 54.6 Å². The number of benzene rings is 2. The number of aliphatic hydroxyl groups excluding tert-OH is 1. The number of nitrogens with one attached hydrogen (secondary N) is 2. The van der Waals surface area contributed by atoms with Gasteiger partial charge in [0, 0.05) is 25.0 Å². The number of rotatable bonds is 14. The standard InChI is InChI=1S/C33H44ClN3O5/c1-37(20-17-24-9-4-2-5-10-24)30(39)16-15-28(23-38)35-31(40)29(21-25-11-6-3-7-12-25)42-32(41)36-33(18-19-33)26-13-8-14-27(34)22-26/h2,4-5,8-10,13-14,22,25,28-29,38H,3,6-7,11-12,15-21,23H2,1H3,(H,35,40)(H,36,41)/t28-,29-/m0/s1. The molecule has 2 fully saturated rings. The number of nitrogens with zero attached hydrogens (tertiary/aromatic N) is 1. The van der Waals surface area contributed by atoms with Gasteiger partial charge in [-0.3, -0.25) is 9.59 Å². The van der Waals surface area contributed by atoms with Crippen LogP contribution in [0.3, 0.4) is 0 Å². The number of alkyl carbamates (subject to hydrolysis) is 1. The molecule has 0 aromatic heterocycles. The number of aliphatic hydroxyl groups is 1. The van der Waals surface area contributed by atoms with Crippen LogP contribution in [0, 0.1) is 5.92 Å². The average molecular weight is 598 g/mol. The molecule has 0 saturated heterocycles. The highest BCUT2D eigenvalue weighted by Crippen LogP contribution is 2.46. The maximum atomic E-state index is 13.4. The van der Waals surface area contributed by atoms with E-state index in [1.807, 2.05) is 48.5 Å². The van der Waals surface area contributed by atoms with E-state index in [1.165, 1.54) is 6.42 Å². The summed E-state index contributed by atoms with van der Waals surface area (Å²) in [5, 5.41) is 16.4. The normalized spacial score (nSPS) is 17.5. The molecular weight excluding hydrogens is 554 g/mol. The zero-order valence-electron chi connectivity index (χ0n) is 24.5. The smallest absolute Gasteiger partial charge is 0.408 e. The second-order valence-corrected chi connectivity index (χ2v) is 12.3. The lowest BCUT2D eigenvalue weighted by Crippen LogP contribution is -2.47. The van der Waals surface area contributed by atoms with Crippen LogP contribution >= 0.6 is 11.6 Å². The topological polar surface area (TPSA) is 108 Å². The lowest BCUT2D eigenvalue weighted by molar-refractivity contribution is -0.133. The van der Waals surface area contributed by atoms with E-state index in [9.17, 15) is 19.5 Å². The third kappa shape index (κ3) is 9.46. The van der Waals surface area contributed by atoms with E-state index in [1.54, 1.807) is 18.0 Å². The second kappa shape index (κ2) is 15.4. The summed E-state index contributed by atoms with van der Waals surface area (Å²) >= 11 is 6.17. The van der Waals surface area contributed by atoms with Crippen molar-refractivity contribution in [3.63, 3.8) is 0 Å². The van der Waals surface area contributed by atoms with Crippen LogP contribution in [0.4, 0.5) is 4.79 Å². The molecule has 3 amide bonds. The summed E-state index contributed by atoms with van der Waals surface area (Å²) < 4.78 is 5.77. The minimum absolute atomic E-state index is 0.0521. The Balaban J connectivity index is 1.31. The van der Waals surface area contributed by atoms with E-state index in [0.717, 1.165) is 56.1 Å². The molecule has 2 aromatic rings. The van der Waals surface area contributed by atoms with Crippen molar-refractivity contribution in [3.05, 3.63) is 70.7 Å². The van der Waals surface area contributed by atoms with Gasteiger partial charge in [-0.05, 0) is 61.3 Å². The predicted molar refractivity (Wildman–Crippen MR) is 163 cm³/mol.